The Kier molecular flexibility index (Phi) is 6.31. The number of nitrogens with zero attached hydrogens (tertiary/aromatic N) is 2. The molecule has 7 heteroatoms. The molecule has 0 unspecified atom stereocenters. The van der Waals surface area contributed by atoms with Crippen molar-refractivity contribution in [2.45, 2.75) is 51.6 Å². The zero-order valence-electron chi connectivity index (χ0n) is 16.1. The maximum absolute atomic E-state index is 14.5. The molecular weight excluding hydrogens is 347 g/mol. The molecule has 1 aromatic rings. The van der Waals surface area contributed by atoms with Crippen LogP contribution in [0.4, 0.5) is 15.8 Å². The Bertz CT molecular complexity index is 689. The number of halogens is 1. The van der Waals surface area contributed by atoms with Crippen LogP contribution in [0.1, 0.15) is 39.5 Å². The molecule has 0 aliphatic carbocycles. The van der Waals surface area contributed by atoms with E-state index in [-0.39, 0.29) is 30.1 Å². The number of anilines is 2. The number of hydrogen-bond donors (Lipinski definition) is 2. The zero-order valence-corrected chi connectivity index (χ0v) is 16.1. The minimum absolute atomic E-state index is 0.0551. The molecule has 27 heavy (non-hydrogen) atoms. The highest BCUT2D eigenvalue weighted by Crippen LogP contribution is 2.26. The lowest BCUT2D eigenvalue weighted by Crippen LogP contribution is -2.58. The van der Waals surface area contributed by atoms with Crippen LogP contribution in [0.3, 0.4) is 0 Å². The monoisotopic (exact) mass is 376 g/mol. The van der Waals surface area contributed by atoms with Crippen molar-refractivity contribution in [3.8, 4) is 0 Å². The van der Waals surface area contributed by atoms with Crippen molar-refractivity contribution in [3.63, 3.8) is 0 Å². The summed E-state index contributed by atoms with van der Waals surface area (Å²) in [6, 6.07) is 4.50. The Morgan fingerprint density at radius 3 is 2.67 bits per heavy atom. The Hall–Kier alpha value is -2.15. The molecule has 3 rings (SSSR count). The van der Waals surface area contributed by atoms with Crippen LogP contribution >= 0.6 is 0 Å². The smallest absolute Gasteiger partial charge is 0.237 e. The highest BCUT2D eigenvalue weighted by Gasteiger charge is 2.33. The number of nitrogens with one attached hydrogen (secondary N) is 2. The van der Waals surface area contributed by atoms with Gasteiger partial charge in [-0.3, -0.25) is 14.5 Å². The number of carbonyl (C=O) groups excluding carboxylic acids is 2. The van der Waals surface area contributed by atoms with Gasteiger partial charge in [0.05, 0.1) is 18.2 Å². The van der Waals surface area contributed by atoms with Gasteiger partial charge in [0, 0.05) is 37.9 Å². The standard InChI is InChI=1S/C20H29FN4O2/c1-14(2)25-11-8-22-20(27)18(25)13-19(26)23-15-6-7-17(16(21)12-15)24-9-4-3-5-10-24/h6-7,12,14,18H,3-5,8-11,13H2,1-2H3,(H,22,27)(H,23,26)/t18-/m0/s1. The summed E-state index contributed by atoms with van der Waals surface area (Å²) >= 11 is 0. The van der Waals surface area contributed by atoms with E-state index >= 15 is 0 Å². The minimum Gasteiger partial charge on any atom is -0.369 e. The Balaban J connectivity index is 1.63. The molecule has 0 saturated carbocycles. The molecule has 1 atom stereocenters. The van der Waals surface area contributed by atoms with E-state index in [4.69, 9.17) is 0 Å². The van der Waals surface area contributed by atoms with Crippen LogP contribution in [0.25, 0.3) is 0 Å². The molecule has 0 radical (unpaired) electrons. The Labute approximate surface area is 160 Å². The van der Waals surface area contributed by atoms with E-state index in [0.29, 0.717) is 17.9 Å². The summed E-state index contributed by atoms with van der Waals surface area (Å²) in [5.41, 5.74) is 1.01. The van der Waals surface area contributed by atoms with Crippen LogP contribution in [0.15, 0.2) is 18.2 Å². The lowest BCUT2D eigenvalue weighted by molar-refractivity contribution is -0.133. The molecule has 1 aromatic carbocycles. The number of hydrogen-bond acceptors (Lipinski definition) is 4. The van der Waals surface area contributed by atoms with E-state index in [1.165, 1.54) is 12.5 Å². The number of benzene rings is 1. The average Bonchev–Trinajstić information content (AvgIpc) is 2.64. The SMILES string of the molecule is CC(C)N1CCNC(=O)[C@@H]1CC(=O)Nc1ccc(N2CCCCC2)c(F)c1. The molecular formula is C20H29FN4O2. The Morgan fingerprint density at radius 2 is 2.00 bits per heavy atom. The summed E-state index contributed by atoms with van der Waals surface area (Å²) in [4.78, 5) is 28.7. The number of amides is 2. The van der Waals surface area contributed by atoms with Gasteiger partial charge in [-0.1, -0.05) is 0 Å². The second kappa shape index (κ2) is 8.69. The molecule has 6 nitrogen and oxygen atoms in total. The molecule has 148 valence electrons. The molecule has 2 saturated heterocycles. The molecule has 2 amide bonds. The maximum atomic E-state index is 14.5. The highest BCUT2D eigenvalue weighted by molar-refractivity contribution is 5.95. The predicted molar refractivity (Wildman–Crippen MR) is 104 cm³/mol. The second-order valence-electron chi connectivity index (χ2n) is 7.60. The van der Waals surface area contributed by atoms with Gasteiger partial charge in [0.2, 0.25) is 11.8 Å². The molecule has 2 heterocycles. The largest absolute Gasteiger partial charge is 0.369 e. The van der Waals surface area contributed by atoms with Gasteiger partial charge in [0.1, 0.15) is 5.82 Å². The third-order valence-corrected chi connectivity index (χ3v) is 5.34. The summed E-state index contributed by atoms with van der Waals surface area (Å²) in [5.74, 6) is -0.738. The lowest BCUT2D eigenvalue weighted by atomic mass is 10.1. The predicted octanol–water partition coefficient (Wildman–Crippen LogP) is 2.35. The van der Waals surface area contributed by atoms with Gasteiger partial charge in [0.15, 0.2) is 0 Å². The van der Waals surface area contributed by atoms with Crippen molar-refractivity contribution < 1.29 is 14.0 Å². The number of piperazine rings is 1. The lowest BCUT2D eigenvalue weighted by Gasteiger charge is -2.37. The van der Waals surface area contributed by atoms with Gasteiger partial charge >= 0.3 is 0 Å². The minimum atomic E-state index is -0.490. The Morgan fingerprint density at radius 1 is 1.26 bits per heavy atom. The van der Waals surface area contributed by atoms with Crippen molar-refractivity contribution in [1.82, 2.24) is 10.2 Å². The van der Waals surface area contributed by atoms with Crippen LogP contribution in [0.5, 0.6) is 0 Å². The maximum Gasteiger partial charge on any atom is 0.237 e. The first-order valence-electron chi connectivity index (χ1n) is 9.83. The van der Waals surface area contributed by atoms with Crippen molar-refractivity contribution >= 4 is 23.2 Å². The van der Waals surface area contributed by atoms with E-state index in [1.54, 1.807) is 12.1 Å². The van der Waals surface area contributed by atoms with Crippen LogP contribution in [-0.2, 0) is 9.59 Å². The summed E-state index contributed by atoms with van der Waals surface area (Å²) in [5, 5.41) is 5.55. The van der Waals surface area contributed by atoms with Gasteiger partial charge in [-0.2, -0.15) is 0 Å². The third kappa shape index (κ3) is 4.77. The van der Waals surface area contributed by atoms with E-state index in [0.717, 1.165) is 32.5 Å². The van der Waals surface area contributed by atoms with E-state index in [2.05, 4.69) is 15.5 Å². The molecule has 2 fully saturated rings. The molecule has 2 aliphatic heterocycles. The first kappa shape index (κ1) is 19.6. The van der Waals surface area contributed by atoms with Crippen LogP contribution in [-0.4, -0.2) is 55.0 Å². The highest BCUT2D eigenvalue weighted by atomic mass is 19.1. The number of piperidine rings is 1. The van der Waals surface area contributed by atoms with Gasteiger partial charge in [-0.15, -0.1) is 0 Å². The van der Waals surface area contributed by atoms with Crippen molar-refractivity contribution in [2.24, 2.45) is 0 Å². The molecule has 2 aliphatic rings. The van der Waals surface area contributed by atoms with E-state index in [1.807, 2.05) is 18.7 Å². The van der Waals surface area contributed by atoms with Gasteiger partial charge in [0.25, 0.3) is 0 Å². The zero-order chi connectivity index (χ0) is 19.4. The van der Waals surface area contributed by atoms with E-state index in [9.17, 15) is 14.0 Å². The summed E-state index contributed by atoms with van der Waals surface area (Å²) in [7, 11) is 0. The van der Waals surface area contributed by atoms with Crippen LogP contribution < -0.4 is 15.5 Å². The average molecular weight is 376 g/mol. The first-order chi connectivity index (χ1) is 13.0. The number of carbonyl (C=O) groups is 2. The molecule has 0 aromatic heterocycles. The summed E-state index contributed by atoms with van der Waals surface area (Å²) < 4.78 is 14.5. The third-order valence-electron chi connectivity index (χ3n) is 5.34. The fourth-order valence-corrected chi connectivity index (χ4v) is 3.92. The summed E-state index contributed by atoms with van der Waals surface area (Å²) in [6.45, 7) is 7.07. The van der Waals surface area contributed by atoms with Gasteiger partial charge in [-0.05, 0) is 51.3 Å². The molecule has 2 N–H and O–H groups in total. The van der Waals surface area contributed by atoms with Gasteiger partial charge < -0.3 is 15.5 Å². The van der Waals surface area contributed by atoms with Gasteiger partial charge in [-0.25, -0.2) is 4.39 Å². The van der Waals surface area contributed by atoms with Crippen LogP contribution in [0, 0.1) is 5.82 Å². The topological polar surface area (TPSA) is 64.7 Å². The quantitative estimate of drug-likeness (QED) is 0.828. The number of rotatable bonds is 5. The van der Waals surface area contributed by atoms with Crippen molar-refractivity contribution in [2.75, 3.05) is 36.4 Å². The van der Waals surface area contributed by atoms with Crippen molar-refractivity contribution in [3.05, 3.63) is 24.0 Å². The summed E-state index contributed by atoms with van der Waals surface area (Å²) in [6.07, 6.45) is 3.40. The van der Waals surface area contributed by atoms with Crippen molar-refractivity contribution in [1.29, 1.82) is 0 Å². The van der Waals surface area contributed by atoms with E-state index < -0.39 is 6.04 Å². The molecule has 0 bridgehead atoms. The normalized spacial score (nSPS) is 21.3. The van der Waals surface area contributed by atoms with Crippen LogP contribution in [0.2, 0.25) is 0 Å². The first-order valence-corrected chi connectivity index (χ1v) is 9.83. The fourth-order valence-electron chi connectivity index (χ4n) is 3.92. The molecule has 0 spiro atoms. The fraction of sp³-hybridized carbons (Fsp3) is 0.600. The second-order valence-corrected chi connectivity index (χ2v) is 7.60.